The number of rotatable bonds is 3. The minimum Gasteiger partial charge on any atom is -0.496 e. The van der Waals surface area contributed by atoms with E-state index in [4.69, 9.17) is 15.9 Å². The Kier molecular flexibility index (Phi) is 3.28. The van der Waals surface area contributed by atoms with Gasteiger partial charge in [-0.2, -0.15) is 0 Å². The van der Waals surface area contributed by atoms with Crippen LogP contribution >= 0.6 is 0 Å². The van der Waals surface area contributed by atoms with E-state index in [-0.39, 0.29) is 5.84 Å². The van der Waals surface area contributed by atoms with Crippen molar-refractivity contribution in [3.8, 4) is 5.75 Å². The summed E-state index contributed by atoms with van der Waals surface area (Å²) in [5.74, 6) is -0.173. The minimum atomic E-state index is -0.472. The van der Waals surface area contributed by atoms with Crippen molar-refractivity contribution in [1.29, 1.82) is 5.41 Å². The van der Waals surface area contributed by atoms with Crippen molar-refractivity contribution in [3.63, 3.8) is 0 Å². The molecule has 0 aliphatic rings. The summed E-state index contributed by atoms with van der Waals surface area (Å²) in [4.78, 5) is 11.2. The quantitative estimate of drug-likeness (QED) is 0.436. The summed E-state index contributed by atoms with van der Waals surface area (Å²) in [6.45, 7) is 0. The fourth-order valence-electron chi connectivity index (χ4n) is 1.16. The Hall–Kier alpha value is -2.04. The van der Waals surface area contributed by atoms with Gasteiger partial charge in [-0.15, -0.1) is 0 Å². The summed E-state index contributed by atoms with van der Waals surface area (Å²) in [5.41, 5.74) is 6.06. The third-order valence-electron chi connectivity index (χ3n) is 1.91. The molecule has 0 spiro atoms. The van der Waals surface area contributed by atoms with Gasteiger partial charge in [0, 0.05) is 0 Å². The molecule has 1 rings (SSSR count). The number of nitrogen functional groups attached to an aromatic ring is 1. The number of nitrogens with one attached hydrogen (secondary N) is 1. The van der Waals surface area contributed by atoms with Crippen molar-refractivity contribution in [1.82, 2.24) is 0 Å². The average Bonchev–Trinajstić information content (AvgIpc) is 2.27. The third kappa shape index (κ3) is 2.25. The Bertz CT molecular complexity index is 402. The van der Waals surface area contributed by atoms with Gasteiger partial charge in [0.25, 0.3) is 0 Å². The van der Waals surface area contributed by atoms with Crippen LogP contribution in [0.3, 0.4) is 0 Å². The lowest BCUT2D eigenvalue weighted by atomic mass is 10.1. The van der Waals surface area contributed by atoms with Crippen LogP contribution in [-0.4, -0.2) is 26.0 Å². The van der Waals surface area contributed by atoms with Crippen molar-refractivity contribution in [2.75, 3.05) is 14.2 Å². The van der Waals surface area contributed by atoms with Crippen LogP contribution in [0, 0.1) is 5.41 Å². The molecule has 1 aromatic carbocycles. The first-order valence-corrected chi connectivity index (χ1v) is 4.21. The van der Waals surface area contributed by atoms with Crippen molar-refractivity contribution < 1.29 is 14.3 Å². The topological polar surface area (TPSA) is 85.4 Å². The van der Waals surface area contributed by atoms with Crippen LogP contribution < -0.4 is 10.5 Å². The molecular weight excluding hydrogens is 196 g/mol. The van der Waals surface area contributed by atoms with Gasteiger partial charge in [0.1, 0.15) is 11.6 Å². The fraction of sp³-hybridized carbons (Fsp3) is 0.200. The average molecular weight is 208 g/mol. The summed E-state index contributed by atoms with van der Waals surface area (Å²) in [6.07, 6.45) is 0. The molecule has 0 bridgehead atoms. The van der Waals surface area contributed by atoms with Gasteiger partial charge in [-0.05, 0) is 18.2 Å². The molecule has 0 unspecified atom stereocenters. The number of esters is 1. The van der Waals surface area contributed by atoms with Crippen molar-refractivity contribution in [3.05, 3.63) is 29.3 Å². The molecule has 0 aliphatic heterocycles. The maximum absolute atomic E-state index is 11.2. The van der Waals surface area contributed by atoms with Crippen LogP contribution in [0.2, 0.25) is 0 Å². The molecule has 0 aromatic heterocycles. The zero-order valence-corrected chi connectivity index (χ0v) is 8.53. The highest BCUT2D eigenvalue weighted by Gasteiger charge is 2.11. The van der Waals surface area contributed by atoms with E-state index in [2.05, 4.69) is 4.74 Å². The van der Waals surface area contributed by atoms with Crippen molar-refractivity contribution >= 4 is 11.8 Å². The number of amidine groups is 1. The zero-order chi connectivity index (χ0) is 11.4. The molecule has 0 fully saturated rings. The minimum absolute atomic E-state index is 0.155. The summed E-state index contributed by atoms with van der Waals surface area (Å²) in [5, 5.41) is 7.32. The predicted molar refractivity (Wildman–Crippen MR) is 55.3 cm³/mol. The largest absolute Gasteiger partial charge is 0.496 e. The number of hydrogen-bond acceptors (Lipinski definition) is 4. The molecule has 15 heavy (non-hydrogen) atoms. The van der Waals surface area contributed by atoms with E-state index < -0.39 is 5.97 Å². The maximum Gasteiger partial charge on any atom is 0.337 e. The van der Waals surface area contributed by atoms with Crippen LogP contribution in [0.1, 0.15) is 15.9 Å². The van der Waals surface area contributed by atoms with E-state index in [1.807, 2.05) is 0 Å². The normalized spacial score (nSPS) is 9.47. The van der Waals surface area contributed by atoms with Gasteiger partial charge in [0.15, 0.2) is 0 Å². The van der Waals surface area contributed by atoms with Crippen molar-refractivity contribution in [2.24, 2.45) is 5.73 Å². The van der Waals surface area contributed by atoms with Gasteiger partial charge in [-0.1, -0.05) is 0 Å². The van der Waals surface area contributed by atoms with Crippen LogP contribution in [0.5, 0.6) is 5.75 Å². The molecule has 5 nitrogen and oxygen atoms in total. The lowest BCUT2D eigenvalue weighted by molar-refractivity contribution is 0.0600. The van der Waals surface area contributed by atoms with E-state index in [1.165, 1.54) is 20.3 Å². The molecule has 80 valence electrons. The smallest absolute Gasteiger partial charge is 0.337 e. The van der Waals surface area contributed by atoms with E-state index in [0.29, 0.717) is 16.9 Å². The van der Waals surface area contributed by atoms with Gasteiger partial charge < -0.3 is 15.2 Å². The first-order chi connectivity index (χ1) is 7.10. The molecule has 0 saturated carbocycles. The molecule has 5 heteroatoms. The first-order valence-electron chi connectivity index (χ1n) is 4.21. The predicted octanol–water partition coefficient (Wildman–Crippen LogP) is 0.766. The number of nitrogens with two attached hydrogens (primary N) is 1. The molecule has 1 aromatic rings. The SMILES string of the molecule is COC(=O)c1ccc(OC)c(C(=N)N)c1. The zero-order valence-electron chi connectivity index (χ0n) is 8.53. The number of methoxy groups -OCH3 is 2. The van der Waals surface area contributed by atoms with Crippen LogP contribution in [0.4, 0.5) is 0 Å². The number of benzene rings is 1. The monoisotopic (exact) mass is 208 g/mol. The Morgan fingerprint density at radius 3 is 2.53 bits per heavy atom. The summed E-state index contributed by atoms with van der Waals surface area (Å²) < 4.78 is 9.56. The summed E-state index contributed by atoms with van der Waals surface area (Å²) in [7, 11) is 2.76. The van der Waals surface area contributed by atoms with Gasteiger partial charge in [-0.25, -0.2) is 4.79 Å². The number of carbonyl (C=O) groups is 1. The Morgan fingerprint density at radius 1 is 1.40 bits per heavy atom. The molecule has 0 heterocycles. The Balaban J connectivity index is 3.22. The van der Waals surface area contributed by atoms with E-state index in [9.17, 15) is 4.79 Å². The molecule has 0 saturated heterocycles. The first kappa shape index (κ1) is 11.0. The lowest BCUT2D eigenvalue weighted by Crippen LogP contribution is -2.14. The highest BCUT2D eigenvalue weighted by Crippen LogP contribution is 2.19. The molecule has 0 aliphatic carbocycles. The fourth-order valence-corrected chi connectivity index (χ4v) is 1.16. The van der Waals surface area contributed by atoms with Gasteiger partial charge in [0.2, 0.25) is 0 Å². The number of ether oxygens (including phenoxy) is 2. The van der Waals surface area contributed by atoms with Gasteiger partial charge >= 0.3 is 5.97 Å². The van der Waals surface area contributed by atoms with Gasteiger partial charge in [0.05, 0.1) is 25.3 Å². The van der Waals surface area contributed by atoms with E-state index in [0.717, 1.165) is 0 Å². The summed E-state index contributed by atoms with van der Waals surface area (Å²) in [6, 6.07) is 4.59. The molecule has 0 radical (unpaired) electrons. The summed E-state index contributed by atoms with van der Waals surface area (Å²) >= 11 is 0. The second-order valence-electron chi connectivity index (χ2n) is 2.82. The lowest BCUT2D eigenvalue weighted by Gasteiger charge is -2.08. The van der Waals surface area contributed by atoms with Crippen LogP contribution in [0.25, 0.3) is 0 Å². The van der Waals surface area contributed by atoms with Crippen molar-refractivity contribution in [2.45, 2.75) is 0 Å². The van der Waals surface area contributed by atoms with Crippen LogP contribution in [0.15, 0.2) is 18.2 Å². The van der Waals surface area contributed by atoms with Gasteiger partial charge in [-0.3, -0.25) is 5.41 Å². The highest BCUT2D eigenvalue weighted by molar-refractivity contribution is 6.00. The molecule has 3 N–H and O–H groups in total. The Labute approximate surface area is 87.3 Å². The van der Waals surface area contributed by atoms with E-state index in [1.54, 1.807) is 12.1 Å². The van der Waals surface area contributed by atoms with E-state index >= 15 is 0 Å². The number of carbonyl (C=O) groups excluding carboxylic acids is 1. The Morgan fingerprint density at radius 2 is 2.07 bits per heavy atom. The second-order valence-corrected chi connectivity index (χ2v) is 2.82. The molecule has 0 amide bonds. The molecule has 0 atom stereocenters. The third-order valence-corrected chi connectivity index (χ3v) is 1.91. The maximum atomic E-state index is 11.2. The number of hydrogen-bond donors (Lipinski definition) is 2. The standard InChI is InChI=1S/C10H12N2O3/c1-14-8-4-3-6(10(13)15-2)5-7(8)9(11)12/h3-5H,1-2H3,(H3,11,12). The van der Waals surface area contributed by atoms with Crippen LogP contribution in [-0.2, 0) is 4.74 Å². The molecular formula is C10H12N2O3. The second kappa shape index (κ2) is 4.45. The highest BCUT2D eigenvalue weighted by atomic mass is 16.5.